The highest BCUT2D eigenvalue weighted by atomic mass is 14.4. The lowest BCUT2D eigenvalue weighted by atomic mass is 9.31. The number of rotatable bonds is 3. The van der Waals surface area contributed by atoms with Crippen molar-refractivity contribution in [2.75, 3.05) is 0 Å². The normalized spacial score (nSPS) is 13.8. The van der Waals surface area contributed by atoms with Gasteiger partial charge in [-0.3, -0.25) is 0 Å². The maximum absolute atomic E-state index is 2.52. The molecule has 8 aromatic carbocycles. The lowest BCUT2D eigenvalue weighted by Gasteiger charge is -2.40. The van der Waals surface area contributed by atoms with Gasteiger partial charge in [0.05, 0.1) is 0 Å². The minimum atomic E-state index is -0.149. The molecular formula is C43H31B. The zero-order valence-electron chi connectivity index (χ0n) is 25.0. The smallest absolute Gasteiger partial charge is 0.0686 e. The van der Waals surface area contributed by atoms with Gasteiger partial charge in [-0.25, -0.2) is 0 Å². The van der Waals surface area contributed by atoms with Gasteiger partial charge in [-0.1, -0.05) is 176 Å². The van der Waals surface area contributed by atoms with Crippen LogP contribution in [0.25, 0.3) is 54.6 Å². The van der Waals surface area contributed by atoms with Crippen molar-refractivity contribution in [3.8, 4) is 22.3 Å². The molecule has 0 aliphatic carbocycles. The highest BCUT2D eigenvalue weighted by Crippen LogP contribution is 2.47. The van der Waals surface area contributed by atoms with Crippen molar-refractivity contribution in [1.29, 1.82) is 0 Å². The quantitative estimate of drug-likeness (QED) is 0.150. The molecular weight excluding hydrogens is 527 g/mol. The van der Waals surface area contributed by atoms with Crippen LogP contribution in [-0.4, -0.2) is 6.71 Å². The van der Waals surface area contributed by atoms with E-state index in [1.165, 1.54) is 82.1 Å². The van der Waals surface area contributed by atoms with Gasteiger partial charge in [0.25, 0.3) is 0 Å². The summed E-state index contributed by atoms with van der Waals surface area (Å²) in [5.74, 6) is 0. The number of hydrogen-bond donors (Lipinski definition) is 0. The van der Waals surface area contributed by atoms with Crippen molar-refractivity contribution in [3.63, 3.8) is 0 Å². The molecule has 0 aromatic heterocycles. The van der Waals surface area contributed by atoms with Gasteiger partial charge in [0.2, 0.25) is 6.71 Å². The second-order valence-electron chi connectivity index (χ2n) is 12.8. The molecule has 0 fully saturated rings. The molecule has 0 spiro atoms. The van der Waals surface area contributed by atoms with Crippen molar-refractivity contribution in [2.45, 2.75) is 19.3 Å². The fourth-order valence-corrected chi connectivity index (χ4v) is 8.26. The first kappa shape index (κ1) is 25.4. The summed E-state index contributed by atoms with van der Waals surface area (Å²) in [6, 6.07) is 56.5. The summed E-state index contributed by atoms with van der Waals surface area (Å²) in [7, 11) is 0. The lowest BCUT2D eigenvalue weighted by Crippen LogP contribution is -2.60. The summed E-state index contributed by atoms with van der Waals surface area (Å²) >= 11 is 0. The summed E-state index contributed by atoms with van der Waals surface area (Å²) in [6.07, 6.45) is 0. The van der Waals surface area contributed by atoms with Crippen LogP contribution in [0.4, 0.5) is 0 Å². The molecule has 0 atom stereocenters. The van der Waals surface area contributed by atoms with E-state index in [0.29, 0.717) is 0 Å². The molecule has 0 unspecified atom stereocenters. The first-order chi connectivity index (χ1) is 21.6. The molecule has 0 saturated heterocycles. The largest absolute Gasteiger partial charge is 0.242 e. The third-order valence-electron chi connectivity index (χ3n) is 10.1. The molecule has 0 nitrogen and oxygen atoms in total. The van der Waals surface area contributed by atoms with Gasteiger partial charge in [0.1, 0.15) is 0 Å². The van der Waals surface area contributed by atoms with Crippen LogP contribution in [-0.2, 0) is 5.41 Å². The van der Waals surface area contributed by atoms with E-state index >= 15 is 0 Å². The molecule has 0 bridgehead atoms. The second-order valence-corrected chi connectivity index (χ2v) is 12.8. The Bertz CT molecular complexity index is 2270. The fraction of sp³-hybridized carbons (Fsp3) is 0.0698. The molecule has 0 N–H and O–H groups in total. The van der Waals surface area contributed by atoms with Crippen LogP contribution in [0.15, 0.2) is 152 Å². The Morgan fingerprint density at radius 1 is 0.455 bits per heavy atom. The molecule has 9 rings (SSSR count). The Morgan fingerprint density at radius 3 is 1.66 bits per heavy atom. The Labute approximate surface area is 259 Å². The molecule has 206 valence electrons. The van der Waals surface area contributed by atoms with Gasteiger partial charge in [0.15, 0.2) is 0 Å². The minimum absolute atomic E-state index is 0.149. The highest BCUT2D eigenvalue weighted by Gasteiger charge is 2.41. The van der Waals surface area contributed by atoms with Crippen LogP contribution in [0.2, 0.25) is 0 Å². The maximum atomic E-state index is 2.52. The zero-order chi connectivity index (χ0) is 29.4. The molecule has 1 aliphatic heterocycles. The lowest BCUT2D eigenvalue weighted by molar-refractivity contribution is 0.652. The van der Waals surface area contributed by atoms with Crippen LogP contribution >= 0.6 is 0 Å². The van der Waals surface area contributed by atoms with Gasteiger partial charge in [-0.2, -0.15) is 0 Å². The predicted molar refractivity (Wildman–Crippen MR) is 191 cm³/mol. The van der Waals surface area contributed by atoms with E-state index in [2.05, 4.69) is 166 Å². The SMILES string of the molecule is CC1(C)c2ccccc2B(c2ccccc2)c2cc3ccc4c(-c5ccccc5)cc(-c5ccccc5)c5ccc(c21)c3c45. The molecule has 0 radical (unpaired) electrons. The topological polar surface area (TPSA) is 0 Å². The van der Waals surface area contributed by atoms with Gasteiger partial charge in [-0.05, 0) is 71.8 Å². The van der Waals surface area contributed by atoms with Crippen LogP contribution in [0, 0.1) is 0 Å². The summed E-state index contributed by atoms with van der Waals surface area (Å²) in [5, 5.41) is 8.08. The monoisotopic (exact) mass is 558 g/mol. The van der Waals surface area contributed by atoms with Crippen molar-refractivity contribution in [3.05, 3.63) is 163 Å². The van der Waals surface area contributed by atoms with Crippen molar-refractivity contribution in [1.82, 2.24) is 0 Å². The van der Waals surface area contributed by atoms with Crippen molar-refractivity contribution < 1.29 is 0 Å². The molecule has 8 aromatic rings. The Balaban J connectivity index is 1.45. The molecule has 1 heteroatoms. The van der Waals surface area contributed by atoms with E-state index in [9.17, 15) is 0 Å². The molecule has 0 saturated carbocycles. The van der Waals surface area contributed by atoms with Gasteiger partial charge >= 0.3 is 0 Å². The Hall–Kier alpha value is -5.14. The summed E-state index contributed by atoms with van der Waals surface area (Å²) in [6.45, 7) is 5.04. The zero-order valence-corrected chi connectivity index (χ0v) is 25.0. The van der Waals surface area contributed by atoms with Crippen LogP contribution < -0.4 is 16.4 Å². The van der Waals surface area contributed by atoms with Crippen molar-refractivity contribution >= 4 is 55.4 Å². The summed E-state index contributed by atoms with van der Waals surface area (Å²) < 4.78 is 0. The van der Waals surface area contributed by atoms with Gasteiger partial charge in [0, 0.05) is 5.41 Å². The highest BCUT2D eigenvalue weighted by molar-refractivity contribution is 6.96. The average molecular weight is 559 g/mol. The Kier molecular flexibility index (Phi) is 5.44. The van der Waals surface area contributed by atoms with Crippen LogP contribution in [0.5, 0.6) is 0 Å². The standard InChI is InChI=1S/C43H31B/c1-43(2)37-20-12-13-21-38(37)44(31-18-10-5-11-19-31)39-26-30-22-23-32-35(28-14-6-3-7-15-28)27-36(29-16-8-4-9-17-29)33-24-25-34(42(39)43)40(30)41(32)33/h3-27H,1-2H3. The maximum Gasteiger partial charge on any atom is 0.242 e. The summed E-state index contributed by atoms with van der Waals surface area (Å²) in [5.41, 5.74) is 12.0. The number of benzene rings is 8. The minimum Gasteiger partial charge on any atom is -0.0686 e. The molecule has 1 heterocycles. The molecule has 44 heavy (non-hydrogen) atoms. The van der Waals surface area contributed by atoms with Crippen molar-refractivity contribution in [2.24, 2.45) is 0 Å². The van der Waals surface area contributed by atoms with Crippen LogP contribution in [0.3, 0.4) is 0 Å². The van der Waals surface area contributed by atoms with E-state index in [1.54, 1.807) is 0 Å². The third kappa shape index (κ3) is 3.53. The number of hydrogen-bond acceptors (Lipinski definition) is 0. The first-order valence-corrected chi connectivity index (χ1v) is 15.7. The van der Waals surface area contributed by atoms with E-state index in [-0.39, 0.29) is 12.1 Å². The molecule has 0 amide bonds. The van der Waals surface area contributed by atoms with Gasteiger partial charge in [-0.15, -0.1) is 0 Å². The first-order valence-electron chi connectivity index (χ1n) is 15.7. The third-order valence-corrected chi connectivity index (χ3v) is 10.1. The van der Waals surface area contributed by atoms with E-state index in [0.717, 1.165) is 0 Å². The molecule has 1 aliphatic rings. The van der Waals surface area contributed by atoms with Gasteiger partial charge < -0.3 is 0 Å². The second kappa shape index (κ2) is 9.43. The average Bonchev–Trinajstić information content (AvgIpc) is 3.08. The summed E-state index contributed by atoms with van der Waals surface area (Å²) in [4.78, 5) is 0. The number of fused-ring (bicyclic) bond motifs is 3. The van der Waals surface area contributed by atoms with E-state index < -0.39 is 0 Å². The van der Waals surface area contributed by atoms with E-state index in [4.69, 9.17) is 0 Å². The Morgan fingerprint density at radius 2 is 1.00 bits per heavy atom. The predicted octanol–water partition coefficient (Wildman–Crippen LogP) is 9.07. The van der Waals surface area contributed by atoms with E-state index in [1.807, 2.05) is 0 Å². The fourth-order valence-electron chi connectivity index (χ4n) is 8.26. The van der Waals surface area contributed by atoms with Crippen LogP contribution in [0.1, 0.15) is 25.0 Å².